The summed E-state index contributed by atoms with van der Waals surface area (Å²) in [6.45, 7) is 0. The monoisotopic (exact) mass is 364 g/mol. The smallest absolute Gasteiger partial charge is 0.144 e. The van der Waals surface area contributed by atoms with E-state index < -0.39 is 0 Å². The summed E-state index contributed by atoms with van der Waals surface area (Å²) >= 11 is 3.41. The first-order valence-electron chi connectivity index (χ1n) is 7.22. The number of fused-ring (bicyclic) bond motifs is 1. The molecule has 0 fully saturated rings. The molecule has 0 atom stereocenters. The largest absolute Gasteiger partial charge is 0.324 e. The van der Waals surface area contributed by atoms with E-state index in [2.05, 4.69) is 38.4 Å². The molecule has 3 heterocycles. The second-order valence-electron chi connectivity index (χ2n) is 5.09. The molecule has 0 aliphatic heterocycles. The van der Waals surface area contributed by atoms with Crippen LogP contribution in [0.4, 0.5) is 11.6 Å². The molecule has 4 rings (SSSR count). The van der Waals surface area contributed by atoms with Crippen molar-refractivity contribution < 1.29 is 0 Å². The van der Waals surface area contributed by atoms with Crippen LogP contribution in [-0.4, -0.2) is 14.4 Å². The number of halogens is 1. The summed E-state index contributed by atoms with van der Waals surface area (Å²) in [5, 5.41) is 3.39. The number of rotatable bonds is 3. The number of benzene rings is 1. The Balaban J connectivity index is 1.87. The van der Waals surface area contributed by atoms with Crippen LogP contribution < -0.4 is 5.32 Å². The van der Waals surface area contributed by atoms with Crippen LogP contribution in [0.15, 0.2) is 77.5 Å². The molecule has 23 heavy (non-hydrogen) atoms. The number of aromatic nitrogens is 3. The van der Waals surface area contributed by atoms with Crippen LogP contribution in [0.25, 0.3) is 16.9 Å². The Bertz CT molecular complexity index is 946. The summed E-state index contributed by atoms with van der Waals surface area (Å²) in [5.41, 5.74) is 2.86. The Kier molecular flexibility index (Phi) is 3.55. The van der Waals surface area contributed by atoms with Crippen LogP contribution in [0.1, 0.15) is 0 Å². The van der Waals surface area contributed by atoms with Gasteiger partial charge >= 0.3 is 0 Å². The summed E-state index contributed by atoms with van der Waals surface area (Å²) in [6.07, 6.45) is 3.77. The number of anilines is 2. The molecule has 4 nitrogen and oxygen atoms in total. The Morgan fingerprint density at radius 3 is 2.52 bits per heavy atom. The minimum absolute atomic E-state index is 0.774. The van der Waals surface area contributed by atoms with Gasteiger partial charge in [0.2, 0.25) is 0 Å². The van der Waals surface area contributed by atoms with E-state index in [-0.39, 0.29) is 0 Å². The maximum Gasteiger partial charge on any atom is 0.144 e. The highest BCUT2D eigenvalue weighted by Gasteiger charge is 2.14. The number of imidazole rings is 1. The molecule has 0 unspecified atom stereocenters. The Morgan fingerprint density at radius 1 is 0.913 bits per heavy atom. The molecule has 5 heteroatoms. The van der Waals surface area contributed by atoms with Crippen molar-refractivity contribution in [3.8, 4) is 11.3 Å². The molecule has 1 N–H and O–H groups in total. The van der Waals surface area contributed by atoms with Crippen molar-refractivity contribution in [3.05, 3.63) is 77.5 Å². The lowest BCUT2D eigenvalue weighted by atomic mass is 10.1. The van der Waals surface area contributed by atoms with Crippen molar-refractivity contribution in [1.29, 1.82) is 0 Å². The van der Waals surface area contributed by atoms with Gasteiger partial charge in [-0.1, -0.05) is 36.4 Å². The van der Waals surface area contributed by atoms with Gasteiger partial charge in [-0.2, -0.15) is 0 Å². The molecule has 0 radical (unpaired) electrons. The van der Waals surface area contributed by atoms with E-state index in [0.717, 1.165) is 33.0 Å². The minimum Gasteiger partial charge on any atom is -0.324 e. The SMILES string of the molecule is Brc1ccc(Nc2c(-c3ccccc3)nc3ccccn23)nc1. The summed E-state index contributed by atoms with van der Waals surface area (Å²) in [5.74, 6) is 1.68. The second kappa shape index (κ2) is 5.85. The van der Waals surface area contributed by atoms with E-state index in [0.29, 0.717) is 0 Å². The average Bonchev–Trinajstić information content (AvgIpc) is 2.96. The standard InChI is InChI=1S/C18H13BrN4/c19-14-9-10-15(20-12-14)21-18-17(13-6-2-1-3-7-13)22-16-8-4-5-11-23(16)18/h1-12H,(H,20,21). The number of nitrogens with one attached hydrogen (secondary N) is 1. The number of nitrogens with zero attached hydrogens (tertiary/aromatic N) is 3. The Morgan fingerprint density at radius 2 is 1.74 bits per heavy atom. The maximum atomic E-state index is 4.76. The molecule has 112 valence electrons. The van der Waals surface area contributed by atoms with E-state index in [1.807, 2.05) is 59.1 Å². The first-order valence-corrected chi connectivity index (χ1v) is 8.02. The maximum absolute atomic E-state index is 4.76. The van der Waals surface area contributed by atoms with E-state index >= 15 is 0 Å². The zero-order valence-electron chi connectivity index (χ0n) is 12.1. The van der Waals surface area contributed by atoms with Crippen molar-refractivity contribution in [2.24, 2.45) is 0 Å². The van der Waals surface area contributed by atoms with Crippen molar-refractivity contribution in [1.82, 2.24) is 14.4 Å². The summed E-state index contributed by atoms with van der Waals surface area (Å²) < 4.78 is 2.98. The molecule has 1 aromatic carbocycles. The molecule has 0 saturated heterocycles. The van der Waals surface area contributed by atoms with Gasteiger partial charge in [-0.15, -0.1) is 0 Å². The number of pyridine rings is 2. The summed E-state index contributed by atoms with van der Waals surface area (Å²) in [7, 11) is 0. The van der Waals surface area contributed by atoms with Gasteiger partial charge in [0.15, 0.2) is 0 Å². The Hall–Kier alpha value is -2.66. The van der Waals surface area contributed by atoms with Gasteiger partial charge in [0.1, 0.15) is 23.0 Å². The lowest BCUT2D eigenvalue weighted by Gasteiger charge is -2.08. The van der Waals surface area contributed by atoms with Crippen LogP contribution in [-0.2, 0) is 0 Å². The molecule has 0 spiro atoms. The Labute approximate surface area is 142 Å². The third-order valence-corrected chi connectivity index (χ3v) is 4.02. The van der Waals surface area contributed by atoms with Gasteiger partial charge in [0.25, 0.3) is 0 Å². The fourth-order valence-electron chi connectivity index (χ4n) is 2.48. The van der Waals surface area contributed by atoms with Crippen LogP contribution >= 0.6 is 15.9 Å². The number of hydrogen-bond donors (Lipinski definition) is 1. The zero-order chi connectivity index (χ0) is 15.6. The first-order chi connectivity index (χ1) is 11.3. The van der Waals surface area contributed by atoms with Gasteiger partial charge in [0.05, 0.1) is 0 Å². The lowest BCUT2D eigenvalue weighted by Crippen LogP contribution is -1.98. The molecular formula is C18H13BrN4. The van der Waals surface area contributed by atoms with Crippen molar-refractivity contribution in [2.75, 3.05) is 5.32 Å². The lowest BCUT2D eigenvalue weighted by molar-refractivity contribution is 1.17. The summed E-state index contributed by atoms with van der Waals surface area (Å²) in [6, 6.07) is 20.0. The third-order valence-electron chi connectivity index (χ3n) is 3.55. The van der Waals surface area contributed by atoms with Crippen LogP contribution in [0.5, 0.6) is 0 Å². The predicted molar refractivity (Wildman–Crippen MR) is 95.8 cm³/mol. The molecule has 0 bridgehead atoms. The zero-order valence-corrected chi connectivity index (χ0v) is 13.7. The topological polar surface area (TPSA) is 42.2 Å². The minimum atomic E-state index is 0.774. The predicted octanol–water partition coefficient (Wildman–Crippen LogP) is 4.90. The van der Waals surface area contributed by atoms with Gasteiger partial charge in [-0.3, -0.25) is 4.40 Å². The fraction of sp³-hybridized carbons (Fsp3) is 0. The van der Waals surface area contributed by atoms with Crippen LogP contribution in [0.3, 0.4) is 0 Å². The average molecular weight is 365 g/mol. The molecular weight excluding hydrogens is 352 g/mol. The van der Waals surface area contributed by atoms with Gasteiger partial charge in [-0.05, 0) is 40.2 Å². The molecule has 0 aliphatic rings. The van der Waals surface area contributed by atoms with Gasteiger partial charge in [-0.25, -0.2) is 9.97 Å². The highest BCUT2D eigenvalue weighted by Crippen LogP contribution is 2.30. The first kappa shape index (κ1) is 14.0. The van der Waals surface area contributed by atoms with Crippen molar-refractivity contribution >= 4 is 33.2 Å². The van der Waals surface area contributed by atoms with Crippen LogP contribution in [0.2, 0.25) is 0 Å². The molecule has 0 saturated carbocycles. The van der Waals surface area contributed by atoms with Gasteiger partial charge < -0.3 is 5.32 Å². The molecule has 0 amide bonds. The third kappa shape index (κ3) is 2.71. The highest BCUT2D eigenvalue weighted by atomic mass is 79.9. The fourth-order valence-corrected chi connectivity index (χ4v) is 2.72. The second-order valence-corrected chi connectivity index (χ2v) is 6.01. The van der Waals surface area contributed by atoms with E-state index in [9.17, 15) is 0 Å². The quantitative estimate of drug-likeness (QED) is 0.561. The van der Waals surface area contributed by atoms with E-state index in [4.69, 9.17) is 4.98 Å². The highest BCUT2D eigenvalue weighted by molar-refractivity contribution is 9.10. The molecule has 0 aliphatic carbocycles. The summed E-state index contributed by atoms with van der Waals surface area (Å²) in [4.78, 5) is 9.16. The molecule has 3 aromatic heterocycles. The van der Waals surface area contributed by atoms with E-state index in [1.54, 1.807) is 6.20 Å². The van der Waals surface area contributed by atoms with Crippen molar-refractivity contribution in [3.63, 3.8) is 0 Å². The van der Waals surface area contributed by atoms with E-state index in [1.165, 1.54) is 0 Å². The number of hydrogen-bond acceptors (Lipinski definition) is 3. The van der Waals surface area contributed by atoms with Crippen LogP contribution in [0, 0.1) is 0 Å². The van der Waals surface area contributed by atoms with Crippen molar-refractivity contribution in [2.45, 2.75) is 0 Å². The van der Waals surface area contributed by atoms with Gasteiger partial charge in [0, 0.05) is 22.4 Å². The molecule has 4 aromatic rings. The normalized spacial score (nSPS) is 10.8.